The number of carbonyl (C=O) groups excluding carboxylic acids is 1. The van der Waals surface area contributed by atoms with E-state index in [1.165, 1.54) is 5.56 Å². The Morgan fingerprint density at radius 1 is 1.19 bits per heavy atom. The van der Waals surface area contributed by atoms with Crippen molar-refractivity contribution in [1.82, 2.24) is 14.8 Å². The first-order valence-corrected chi connectivity index (χ1v) is 9.00. The largest absolute Gasteiger partial charge is 0.305 e. The number of aromatic nitrogens is 3. The topological polar surface area (TPSA) is 51.0 Å². The van der Waals surface area contributed by atoms with Crippen LogP contribution in [0.25, 0.3) is 11.1 Å². The maximum Gasteiger partial charge on any atom is 0.277 e. The lowest BCUT2D eigenvalue weighted by Crippen LogP contribution is -2.42. The standard InChI is InChI=1S/C21H22N4O.H2S/c1-4-17-11-16(9-10-22-17)19-12-23-25-15(3)13-24(21(26)20(19)25)18-7-5-14(2)6-8-18;/h5-12,15H,4,13H2,1-3H3;1H2/t15-;/m0./s1/i4-1;. The lowest BCUT2D eigenvalue weighted by Gasteiger charge is -2.32. The van der Waals surface area contributed by atoms with Crippen molar-refractivity contribution in [1.29, 1.82) is 0 Å². The number of aryl methyl sites for hydroxylation is 2. The lowest BCUT2D eigenvalue weighted by atomic mass is 9.87. The van der Waals surface area contributed by atoms with E-state index in [9.17, 15) is 4.79 Å². The molecule has 0 radical (unpaired) electrons. The van der Waals surface area contributed by atoms with E-state index in [1.807, 2.05) is 52.9 Å². The highest BCUT2D eigenvalue weighted by Crippen LogP contribution is 2.32. The minimum absolute atomic E-state index is 0. The summed E-state index contributed by atoms with van der Waals surface area (Å²) in [5.74, 6) is -0.00527. The van der Waals surface area contributed by atoms with Crippen LogP contribution in [0.5, 0.6) is 0 Å². The zero-order valence-corrected chi connectivity index (χ0v) is 16.8. The van der Waals surface area contributed by atoms with Crippen molar-refractivity contribution in [3.63, 3.8) is 0 Å². The van der Waals surface area contributed by atoms with E-state index in [1.54, 1.807) is 12.4 Å². The molecule has 0 unspecified atom stereocenters. The summed E-state index contributed by atoms with van der Waals surface area (Å²) in [7, 11) is 0. The zero-order chi connectivity index (χ0) is 18.3. The highest BCUT2D eigenvalue weighted by molar-refractivity contribution is 7.59. The van der Waals surface area contributed by atoms with E-state index in [0.717, 1.165) is 28.9 Å². The van der Waals surface area contributed by atoms with Crippen molar-refractivity contribution < 1.29 is 4.79 Å². The van der Waals surface area contributed by atoms with Crippen molar-refractivity contribution in [3.05, 3.63) is 65.7 Å². The smallest absolute Gasteiger partial charge is 0.277 e. The normalized spacial score (nSPS) is 16.0. The lowest BCUT2D eigenvalue weighted by molar-refractivity contribution is 0.0954. The van der Waals surface area contributed by atoms with Crippen LogP contribution in [0.15, 0.2) is 48.8 Å². The summed E-state index contributed by atoms with van der Waals surface area (Å²) in [5, 5.41) is 4.51. The third kappa shape index (κ3) is 3.37. The molecule has 1 aliphatic heterocycles. The first-order valence-electron chi connectivity index (χ1n) is 9.00. The molecule has 0 saturated carbocycles. The summed E-state index contributed by atoms with van der Waals surface area (Å²) in [6.07, 6.45) is 4.46. The molecule has 3 heterocycles. The molecule has 0 saturated heterocycles. The fraction of sp³-hybridized carbons (Fsp3) is 0.286. The third-order valence-electron chi connectivity index (χ3n) is 4.94. The van der Waals surface area contributed by atoms with Crippen molar-refractivity contribution in [2.24, 2.45) is 0 Å². The van der Waals surface area contributed by atoms with E-state index in [2.05, 4.69) is 23.9 Å². The SMILES string of the molecule is C[11CH2]c1cc(-c2cnn3c2C(=O)N(c2ccc(C)cc2)C[C@@H]3C)ccn1.S. The molecular formula is C21H24N4OS. The molecule has 0 aliphatic carbocycles. The van der Waals surface area contributed by atoms with Crippen LogP contribution >= 0.6 is 13.5 Å². The number of pyridine rings is 1. The van der Waals surface area contributed by atoms with Crippen molar-refractivity contribution in [2.45, 2.75) is 33.2 Å². The van der Waals surface area contributed by atoms with E-state index < -0.39 is 0 Å². The maximum atomic E-state index is 13.3. The molecule has 0 fully saturated rings. The number of hydrogen-bond acceptors (Lipinski definition) is 3. The zero-order valence-electron chi connectivity index (χ0n) is 15.8. The summed E-state index contributed by atoms with van der Waals surface area (Å²) in [6.45, 7) is 6.84. The average Bonchev–Trinajstić information content (AvgIpc) is 3.11. The summed E-state index contributed by atoms with van der Waals surface area (Å²) in [5.41, 5.74) is 5.63. The van der Waals surface area contributed by atoms with Gasteiger partial charge in [0.1, 0.15) is 5.69 Å². The van der Waals surface area contributed by atoms with Crippen LogP contribution in [-0.2, 0) is 6.42 Å². The Hall–Kier alpha value is -2.60. The van der Waals surface area contributed by atoms with Gasteiger partial charge in [-0.2, -0.15) is 18.6 Å². The first kappa shape index (κ1) is 19.2. The summed E-state index contributed by atoms with van der Waals surface area (Å²) in [6, 6.07) is 12.2. The number of hydrogen-bond donors (Lipinski definition) is 0. The Labute approximate surface area is 166 Å². The first-order chi connectivity index (χ1) is 12.6. The van der Waals surface area contributed by atoms with Crippen LogP contribution < -0.4 is 4.90 Å². The molecule has 0 spiro atoms. The molecule has 27 heavy (non-hydrogen) atoms. The van der Waals surface area contributed by atoms with E-state index in [-0.39, 0.29) is 25.4 Å². The Morgan fingerprint density at radius 3 is 2.63 bits per heavy atom. The molecule has 0 N–H and O–H groups in total. The third-order valence-corrected chi connectivity index (χ3v) is 4.94. The number of fused-ring (bicyclic) bond motifs is 1. The molecule has 1 aromatic carbocycles. The molecule has 1 atom stereocenters. The van der Waals surface area contributed by atoms with Crippen LogP contribution in [0.4, 0.5) is 5.69 Å². The monoisotopic (exact) mass is 379 g/mol. The average molecular weight is 380 g/mol. The fourth-order valence-corrected chi connectivity index (χ4v) is 3.46. The van der Waals surface area contributed by atoms with Crippen molar-refractivity contribution in [3.8, 4) is 11.1 Å². The van der Waals surface area contributed by atoms with Gasteiger partial charge in [0.25, 0.3) is 5.91 Å². The second-order valence-corrected chi connectivity index (χ2v) is 6.84. The quantitative estimate of drug-likeness (QED) is 0.687. The summed E-state index contributed by atoms with van der Waals surface area (Å²) < 4.78 is 1.86. The predicted molar refractivity (Wildman–Crippen MR) is 113 cm³/mol. The minimum Gasteiger partial charge on any atom is -0.305 e. The van der Waals surface area contributed by atoms with E-state index >= 15 is 0 Å². The van der Waals surface area contributed by atoms with Gasteiger partial charge in [-0.15, -0.1) is 0 Å². The summed E-state index contributed by atoms with van der Waals surface area (Å²) >= 11 is 0. The van der Waals surface area contributed by atoms with Gasteiger partial charge in [0.15, 0.2) is 0 Å². The van der Waals surface area contributed by atoms with Gasteiger partial charge in [-0.1, -0.05) is 24.6 Å². The number of rotatable bonds is 3. The van der Waals surface area contributed by atoms with Crippen LogP contribution in [-0.4, -0.2) is 27.2 Å². The highest BCUT2D eigenvalue weighted by Gasteiger charge is 2.33. The molecule has 1 amide bonds. The second-order valence-electron chi connectivity index (χ2n) is 6.84. The van der Waals surface area contributed by atoms with Gasteiger partial charge < -0.3 is 4.90 Å². The van der Waals surface area contributed by atoms with Crippen LogP contribution in [0.3, 0.4) is 0 Å². The minimum atomic E-state index is -0.00527. The fourth-order valence-electron chi connectivity index (χ4n) is 3.46. The maximum absolute atomic E-state index is 13.3. The molecule has 1 aliphatic rings. The molecule has 3 aromatic rings. The number of carbonyl (C=O) groups is 1. The van der Waals surface area contributed by atoms with E-state index in [4.69, 9.17) is 0 Å². The Kier molecular flexibility index (Phi) is 5.37. The highest BCUT2D eigenvalue weighted by atomic mass is 32.1. The van der Waals surface area contributed by atoms with Crippen LogP contribution in [0.1, 0.15) is 41.6 Å². The molecule has 2 aromatic heterocycles. The van der Waals surface area contributed by atoms with Gasteiger partial charge >= 0.3 is 0 Å². The van der Waals surface area contributed by atoms with Gasteiger partial charge in [-0.25, -0.2) is 0 Å². The number of amides is 1. The molecular weight excluding hydrogens is 355 g/mol. The van der Waals surface area contributed by atoms with Crippen molar-refractivity contribution >= 4 is 25.1 Å². The van der Waals surface area contributed by atoms with Crippen molar-refractivity contribution in [2.75, 3.05) is 11.4 Å². The molecule has 6 heteroatoms. The van der Waals surface area contributed by atoms with Gasteiger partial charge in [-0.3, -0.25) is 14.5 Å². The summed E-state index contributed by atoms with van der Waals surface area (Å²) in [4.78, 5) is 19.5. The molecule has 5 nitrogen and oxygen atoms in total. The van der Waals surface area contributed by atoms with Gasteiger partial charge in [0.05, 0.1) is 12.2 Å². The van der Waals surface area contributed by atoms with Gasteiger partial charge in [0.2, 0.25) is 0 Å². The number of nitrogens with zero attached hydrogens (tertiary/aromatic N) is 4. The Bertz CT molecular complexity index is 965. The van der Waals surface area contributed by atoms with Crippen LogP contribution in [0, 0.1) is 6.92 Å². The second kappa shape index (κ2) is 7.56. The number of anilines is 1. The molecule has 4 rings (SSSR count). The van der Waals surface area contributed by atoms with Gasteiger partial charge in [-0.05, 0) is 50.1 Å². The predicted octanol–water partition coefficient (Wildman–Crippen LogP) is 4.15. The molecule has 140 valence electrons. The Balaban J connectivity index is 0.00000210. The van der Waals surface area contributed by atoms with Crippen LogP contribution in [0.2, 0.25) is 0 Å². The Morgan fingerprint density at radius 2 is 1.93 bits per heavy atom. The number of benzene rings is 1. The van der Waals surface area contributed by atoms with Gasteiger partial charge in [0, 0.05) is 29.7 Å². The van der Waals surface area contributed by atoms with E-state index in [0.29, 0.717) is 12.2 Å². The molecule has 0 bridgehead atoms.